The van der Waals surface area contributed by atoms with Gasteiger partial charge in [0.15, 0.2) is 12.6 Å². The van der Waals surface area contributed by atoms with Crippen molar-refractivity contribution in [2.45, 2.75) is 171 Å². The number of aliphatic hydroxyl groups excluding tert-OH is 7. The second-order valence-corrected chi connectivity index (χ2v) is 12.7. The molecule has 0 aliphatic carbocycles. The summed E-state index contributed by atoms with van der Waals surface area (Å²) in [5, 5.41) is 71.2. The van der Waals surface area contributed by atoms with Crippen molar-refractivity contribution in [2.24, 2.45) is 0 Å². The van der Waals surface area contributed by atoms with Gasteiger partial charge >= 0.3 is 5.97 Å². The summed E-state index contributed by atoms with van der Waals surface area (Å²) in [6.07, 6.45) is -1.80. The predicted molar refractivity (Wildman–Crippen MR) is 169 cm³/mol. The summed E-state index contributed by atoms with van der Waals surface area (Å²) >= 11 is 0. The molecule has 0 aromatic rings. The van der Waals surface area contributed by atoms with Gasteiger partial charge in [0.25, 0.3) is 0 Å². The van der Waals surface area contributed by atoms with Crippen LogP contribution < -0.4 is 0 Å². The van der Waals surface area contributed by atoms with E-state index in [1.807, 2.05) is 0 Å². The first-order chi connectivity index (χ1) is 22.6. The highest BCUT2D eigenvalue weighted by Crippen LogP contribution is 2.26. The minimum absolute atomic E-state index is 0.0652. The number of hydrogen-bond acceptors (Lipinski definition) is 14. The molecule has 0 bridgehead atoms. The Hall–Kier alpha value is -1.01. The van der Waals surface area contributed by atoms with Gasteiger partial charge in [0.1, 0.15) is 54.9 Å². The minimum atomic E-state index is -1.69. The molecule has 11 atom stereocenters. The maximum Gasteiger partial charge on any atom is 0.306 e. The van der Waals surface area contributed by atoms with Crippen LogP contribution in [0.4, 0.5) is 0 Å². The van der Waals surface area contributed by atoms with Crippen LogP contribution in [0.1, 0.15) is 104 Å². The molecule has 2 fully saturated rings. The van der Waals surface area contributed by atoms with Gasteiger partial charge in [-0.3, -0.25) is 4.79 Å². The lowest BCUT2D eigenvalue weighted by Crippen LogP contribution is -2.61. The SMILES string of the molecule is CCCCCCCCCOCC(COC1OC(COC2OC(CO)C(O)C(O)C2O)C(O)C(O)C1O)OC(=O)CCCCCCCC. The summed E-state index contributed by atoms with van der Waals surface area (Å²) in [6, 6.07) is 0. The Morgan fingerprint density at radius 1 is 0.617 bits per heavy atom. The molecule has 14 nitrogen and oxygen atoms in total. The zero-order valence-corrected chi connectivity index (χ0v) is 28.3. The van der Waals surface area contributed by atoms with Gasteiger partial charge in [-0.05, 0) is 12.8 Å². The standard InChI is InChI=1S/C33H62O14/c1-3-5-7-9-11-13-15-17-42-19-22(45-25(35)16-14-12-10-8-6-4-2)20-43-32-31(41)29(39)27(37)24(47-32)21-44-33-30(40)28(38)26(36)23(18-34)46-33/h22-24,26-34,36-41H,3-21H2,1-2H3. The largest absolute Gasteiger partial charge is 0.457 e. The van der Waals surface area contributed by atoms with Crippen LogP contribution in [0, 0.1) is 0 Å². The highest BCUT2D eigenvalue weighted by atomic mass is 16.7. The predicted octanol–water partition coefficient (Wildman–Crippen LogP) is 1.06. The number of carbonyl (C=O) groups is 1. The van der Waals surface area contributed by atoms with Crippen LogP contribution in [-0.2, 0) is 33.2 Å². The van der Waals surface area contributed by atoms with E-state index in [0.717, 1.165) is 44.9 Å². The zero-order chi connectivity index (χ0) is 34.6. The van der Waals surface area contributed by atoms with Crippen LogP contribution in [0.5, 0.6) is 0 Å². The van der Waals surface area contributed by atoms with Gasteiger partial charge in [-0.15, -0.1) is 0 Å². The molecular weight excluding hydrogens is 620 g/mol. The molecule has 0 radical (unpaired) electrons. The number of esters is 1. The van der Waals surface area contributed by atoms with Gasteiger partial charge in [-0.1, -0.05) is 84.5 Å². The molecule has 0 amide bonds. The van der Waals surface area contributed by atoms with Crippen LogP contribution >= 0.6 is 0 Å². The van der Waals surface area contributed by atoms with Crippen LogP contribution in [-0.4, -0.2) is 142 Å². The third-order valence-electron chi connectivity index (χ3n) is 8.62. The van der Waals surface area contributed by atoms with Crippen LogP contribution in [0.3, 0.4) is 0 Å². The maximum absolute atomic E-state index is 12.6. The van der Waals surface area contributed by atoms with E-state index in [4.69, 9.17) is 28.4 Å². The molecule has 7 N–H and O–H groups in total. The molecule has 47 heavy (non-hydrogen) atoms. The fraction of sp³-hybridized carbons (Fsp3) is 0.970. The second-order valence-electron chi connectivity index (χ2n) is 12.7. The smallest absolute Gasteiger partial charge is 0.306 e. The summed E-state index contributed by atoms with van der Waals surface area (Å²) in [5.74, 6) is -0.389. The lowest BCUT2D eigenvalue weighted by atomic mass is 9.98. The lowest BCUT2D eigenvalue weighted by molar-refractivity contribution is -0.332. The molecule has 0 aromatic heterocycles. The first kappa shape index (κ1) is 42.2. The van der Waals surface area contributed by atoms with E-state index in [2.05, 4.69) is 13.8 Å². The topological polar surface area (TPSA) is 214 Å². The molecular formula is C33H62O14. The van der Waals surface area contributed by atoms with Gasteiger partial charge in [-0.2, -0.15) is 0 Å². The van der Waals surface area contributed by atoms with Crippen LogP contribution in [0.2, 0.25) is 0 Å². The molecule has 2 heterocycles. The molecule has 14 heteroatoms. The third-order valence-corrected chi connectivity index (χ3v) is 8.62. The van der Waals surface area contributed by atoms with Crippen molar-refractivity contribution in [1.82, 2.24) is 0 Å². The van der Waals surface area contributed by atoms with Crippen molar-refractivity contribution in [1.29, 1.82) is 0 Å². The Morgan fingerprint density at radius 2 is 1.13 bits per heavy atom. The summed E-state index contributed by atoms with van der Waals surface area (Å²) in [4.78, 5) is 12.6. The van der Waals surface area contributed by atoms with Crippen molar-refractivity contribution >= 4 is 5.97 Å². The average molecular weight is 683 g/mol. The van der Waals surface area contributed by atoms with E-state index in [0.29, 0.717) is 13.0 Å². The lowest BCUT2D eigenvalue weighted by Gasteiger charge is -2.42. The monoisotopic (exact) mass is 682 g/mol. The molecule has 2 aliphatic rings. The maximum atomic E-state index is 12.6. The summed E-state index contributed by atoms with van der Waals surface area (Å²) in [5.41, 5.74) is 0. The van der Waals surface area contributed by atoms with E-state index in [-0.39, 0.29) is 25.6 Å². The van der Waals surface area contributed by atoms with E-state index >= 15 is 0 Å². The van der Waals surface area contributed by atoms with Crippen molar-refractivity contribution in [3.63, 3.8) is 0 Å². The number of hydrogen-bond donors (Lipinski definition) is 7. The van der Waals surface area contributed by atoms with Crippen molar-refractivity contribution in [2.75, 3.05) is 33.0 Å². The molecule has 0 aromatic carbocycles. The zero-order valence-electron chi connectivity index (χ0n) is 28.3. The van der Waals surface area contributed by atoms with Gasteiger partial charge in [0.2, 0.25) is 0 Å². The van der Waals surface area contributed by atoms with Crippen LogP contribution in [0.25, 0.3) is 0 Å². The first-order valence-corrected chi connectivity index (χ1v) is 17.6. The van der Waals surface area contributed by atoms with Gasteiger partial charge in [-0.25, -0.2) is 0 Å². The molecule has 2 rings (SSSR count). The fourth-order valence-electron chi connectivity index (χ4n) is 5.58. The summed E-state index contributed by atoms with van der Waals surface area (Å²) in [6.45, 7) is 3.53. The number of unbranched alkanes of at least 4 members (excludes halogenated alkanes) is 11. The van der Waals surface area contributed by atoms with Crippen molar-refractivity contribution in [3.8, 4) is 0 Å². The summed E-state index contributed by atoms with van der Waals surface area (Å²) < 4.78 is 33.7. The summed E-state index contributed by atoms with van der Waals surface area (Å²) in [7, 11) is 0. The van der Waals surface area contributed by atoms with E-state index in [9.17, 15) is 40.5 Å². The number of rotatable bonds is 25. The second kappa shape index (κ2) is 24.2. The van der Waals surface area contributed by atoms with Gasteiger partial charge in [0, 0.05) is 13.0 Å². The molecule has 2 saturated heterocycles. The Balaban J connectivity index is 1.91. The van der Waals surface area contributed by atoms with Gasteiger partial charge in [0.05, 0.1) is 26.4 Å². The third kappa shape index (κ3) is 15.2. The van der Waals surface area contributed by atoms with Crippen molar-refractivity contribution in [3.05, 3.63) is 0 Å². The van der Waals surface area contributed by atoms with Crippen molar-refractivity contribution < 1.29 is 69.0 Å². The normalized spacial score (nSPS) is 31.9. The van der Waals surface area contributed by atoms with E-state index in [1.165, 1.54) is 32.1 Å². The number of ether oxygens (including phenoxy) is 6. The molecule has 11 unspecified atom stereocenters. The minimum Gasteiger partial charge on any atom is -0.457 e. The first-order valence-electron chi connectivity index (χ1n) is 17.6. The van der Waals surface area contributed by atoms with Gasteiger partial charge < -0.3 is 64.2 Å². The molecule has 278 valence electrons. The highest BCUT2D eigenvalue weighted by molar-refractivity contribution is 5.69. The quantitative estimate of drug-likeness (QED) is 0.0530. The van der Waals surface area contributed by atoms with Crippen LogP contribution in [0.15, 0.2) is 0 Å². The van der Waals surface area contributed by atoms with E-state index in [1.54, 1.807) is 0 Å². The molecule has 0 spiro atoms. The number of carbonyl (C=O) groups excluding carboxylic acids is 1. The Bertz CT molecular complexity index is 803. The molecule has 0 saturated carbocycles. The highest BCUT2D eigenvalue weighted by Gasteiger charge is 2.47. The Kier molecular flexibility index (Phi) is 21.7. The Morgan fingerprint density at radius 3 is 1.72 bits per heavy atom. The Labute approximate surface area is 279 Å². The average Bonchev–Trinajstić information content (AvgIpc) is 3.06. The van der Waals surface area contributed by atoms with E-state index < -0.39 is 80.7 Å². The number of aliphatic hydroxyl groups is 7. The fourth-order valence-corrected chi connectivity index (χ4v) is 5.58. The molecule has 2 aliphatic heterocycles.